The number of allylic oxidation sites excluding steroid dienone is 2. The van der Waals surface area contributed by atoms with E-state index in [1.807, 2.05) is 12.2 Å². The van der Waals surface area contributed by atoms with Crippen LogP contribution in [0.2, 0.25) is 9.79 Å². The van der Waals surface area contributed by atoms with Gasteiger partial charge >= 0.3 is 169 Å². The Kier molecular flexibility index (Phi) is 50.0. The molecule has 0 spiro atoms. The number of hydrogen-bond donors (Lipinski definition) is 0. The van der Waals surface area contributed by atoms with Crippen LogP contribution >= 0.6 is 0 Å². The van der Waals surface area contributed by atoms with Crippen molar-refractivity contribution in [3.8, 4) is 0 Å². The molecule has 0 saturated heterocycles. The Labute approximate surface area is 478 Å². The van der Waals surface area contributed by atoms with Gasteiger partial charge in [0, 0.05) is 23.3 Å². The van der Waals surface area contributed by atoms with E-state index in [2.05, 4.69) is 76.2 Å². The topological polar surface area (TPSA) is 25.3 Å². The fourth-order valence-corrected chi connectivity index (χ4v) is 13.0. The van der Waals surface area contributed by atoms with Crippen LogP contribution in [0.1, 0.15) is 358 Å². The summed E-state index contributed by atoms with van der Waals surface area (Å²) in [5.41, 5.74) is 17.5. The van der Waals surface area contributed by atoms with Crippen LogP contribution < -0.4 is 0 Å². The van der Waals surface area contributed by atoms with Crippen LogP contribution in [0.15, 0.2) is 60.7 Å². The van der Waals surface area contributed by atoms with Gasteiger partial charge < -0.3 is 5.53 Å². The van der Waals surface area contributed by atoms with Gasteiger partial charge in [0.05, 0.1) is 0 Å². The third kappa shape index (κ3) is 40.9. The maximum atomic E-state index is 11.0. The van der Waals surface area contributed by atoms with E-state index in [4.69, 9.17) is 0 Å². The minimum atomic E-state index is 0.849. The van der Waals surface area contributed by atoms with Crippen LogP contribution in [0.3, 0.4) is 0 Å². The Balaban J connectivity index is 0.000000520. The molecule has 434 valence electrons. The molecule has 3 rings (SSSR count). The molecule has 0 unspecified atom stereocenters. The van der Waals surface area contributed by atoms with Gasteiger partial charge in [0.1, 0.15) is 0 Å². The average molecular weight is 1130 g/mol. The van der Waals surface area contributed by atoms with Crippen molar-refractivity contribution >= 4 is 11.4 Å². The van der Waals surface area contributed by atoms with Crippen molar-refractivity contribution in [3.05, 3.63) is 88.5 Å². The molecule has 2 aromatic rings. The summed E-state index contributed by atoms with van der Waals surface area (Å²) in [6.07, 6.45) is 75.7. The number of aryl methyl sites for hydroxylation is 2. The third-order valence-electron chi connectivity index (χ3n) is 16.1. The molecular formula is C72H126N2Pd. The standard InChI is InChI=1S/C32H44N2.2C20H41.Pd/c1-3-5-7-9-11-13-16-27-20-22-29(23-21-27)31-24-25-32(34(31)33)30-19-15-18-28(26-30)17-14-12-10-8-6-4-2;2*1-3-5-7-9-11-13-15-17-19-20-18-16-14-12-10-8-6-4-2;/h15,18-26H,3-14,16-17H2,1-2H3;2*1,3-20H2,2H3;. The summed E-state index contributed by atoms with van der Waals surface area (Å²) < 4.78 is 1.35. The quantitative estimate of drug-likeness (QED) is 0.0358. The Bertz CT molecular complexity index is 1550. The molecule has 0 bridgehead atoms. The van der Waals surface area contributed by atoms with Crippen LogP contribution in [0, 0.1) is 0 Å². The zero-order valence-electron chi connectivity index (χ0n) is 50.8. The third-order valence-corrected chi connectivity index (χ3v) is 18.3. The Morgan fingerprint density at radius 2 is 0.573 bits per heavy atom. The van der Waals surface area contributed by atoms with E-state index in [-0.39, 0.29) is 0 Å². The molecule has 0 amide bonds. The normalized spacial score (nSPS) is 12.4. The Morgan fingerprint density at radius 3 is 0.907 bits per heavy atom. The first kappa shape index (κ1) is 69.3. The number of unbranched alkanes of at least 4 members (excludes halogenated alkanes) is 44. The monoisotopic (exact) mass is 1120 g/mol. The van der Waals surface area contributed by atoms with Gasteiger partial charge in [-0.2, -0.15) is 0 Å². The van der Waals surface area contributed by atoms with E-state index < -0.39 is 0 Å². The first-order chi connectivity index (χ1) is 37.1. The van der Waals surface area contributed by atoms with Crippen LogP contribution in [0.4, 0.5) is 0 Å². The molecule has 2 nitrogen and oxygen atoms in total. The van der Waals surface area contributed by atoms with E-state index >= 15 is 0 Å². The summed E-state index contributed by atoms with van der Waals surface area (Å²) in [4.78, 5) is 3.10. The molecule has 0 N–H and O–H groups in total. The molecule has 1 aliphatic heterocycles. The number of hydrogen-bond acceptors (Lipinski definition) is 0. The smallest absolute Gasteiger partial charge is 0.493 e. The second-order valence-electron chi connectivity index (χ2n) is 23.3. The predicted molar refractivity (Wildman–Crippen MR) is 334 cm³/mol. The summed E-state index contributed by atoms with van der Waals surface area (Å²) in [6.45, 7) is 9.15. The van der Waals surface area contributed by atoms with Crippen molar-refractivity contribution < 1.29 is 22.7 Å². The number of rotatable bonds is 54. The second-order valence-corrected chi connectivity index (χ2v) is 25.7. The van der Waals surface area contributed by atoms with Gasteiger partial charge in [-0.05, 0) is 61.1 Å². The fourth-order valence-electron chi connectivity index (χ4n) is 11.0. The van der Waals surface area contributed by atoms with Gasteiger partial charge in [-0.25, -0.2) is 4.70 Å². The fraction of sp³-hybridized carbons (Fsp3) is 0.778. The minimum absolute atomic E-state index is 0.849. The summed E-state index contributed by atoms with van der Waals surface area (Å²) in [5.74, 6) is 0. The second kappa shape index (κ2) is 54.2. The van der Waals surface area contributed by atoms with Crippen molar-refractivity contribution in [2.24, 2.45) is 0 Å². The summed E-state index contributed by atoms with van der Waals surface area (Å²) in [6, 6.07) is 17.4. The molecule has 1 aliphatic rings. The Morgan fingerprint density at radius 1 is 0.293 bits per heavy atom. The zero-order chi connectivity index (χ0) is 53.6. The summed E-state index contributed by atoms with van der Waals surface area (Å²) in [5, 5.41) is 0. The van der Waals surface area contributed by atoms with Crippen LogP contribution in [-0.2, 0) is 30.8 Å². The number of nitrogens with zero attached hydrogens (tertiary/aromatic N) is 2. The van der Waals surface area contributed by atoms with Crippen LogP contribution in [0.5, 0.6) is 0 Å². The first-order valence-electron chi connectivity index (χ1n) is 33.7. The van der Waals surface area contributed by atoms with E-state index in [9.17, 15) is 5.53 Å². The molecular weight excluding hydrogens is 999 g/mol. The average Bonchev–Trinajstić information content (AvgIpc) is 3.82. The van der Waals surface area contributed by atoms with Gasteiger partial charge in [0.2, 0.25) is 11.4 Å². The molecule has 2 aromatic carbocycles. The molecule has 0 fully saturated rings. The van der Waals surface area contributed by atoms with Crippen molar-refractivity contribution in [3.63, 3.8) is 0 Å². The molecule has 0 atom stereocenters. The van der Waals surface area contributed by atoms with Crippen LogP contribution in [0.25, 0.3) is 16.9 Å². The van der Waals surface area contributed by atoms with Gasteiger partial charge in [0.15, 0.2) is 0 Å². The summed E-state index contributed by atoms with van der Waals surface area (Å²) >= 11 is 1.06. The van der Waals surface area contributed by atoms with E-state index in [1.54, 1.807) is 9.79 Å². The van der Waals surface area contributed by atoms with Crippen molar-refractivity contribution in [1.82, 2.24) is 0 Å². The van der Waals surface area contributed by atoms with E-state index in [0.717, 1.165) is 53.3 Å². The van der Waals surface area contributed by atoms with Gasteiger partial charge in [-0.15, -0.1) is 0 Å². The van der Waals surface area contributed by atoms with Gasteiger partial charge in [0.25, 0.3) is 0 Å². The Hall–Kier alpha value is -1.82. The number of benzene rings is 2. The molecule has 1 heterocycles. The first-order valence-corrected chi connectivity index (χ1v) is 35.9. The van der Waals surface area contributed by atoms with Gasteiger partial charge in [-0.1, -0.05) is 206 Å². The molecule has 75 heavy (non-hydrogen) atoms. The van der Waals surface area contributed by atoms with Crippen molar-refractivity contribution in [2.45, 2.75) is 359 Å². The predicted octanol–water partition coefficient (Wildman–Crippen LogP) is 25.9. The van der Waals surface area contributed by atoms with Gasteiger partial charge in [-0.3, -0.25) is 0 Å². The van der Waals surface area contributed by atoms with E-state index in [1.165, 1.54) is 324 Å². The maximum absolute atomic E-state index is 11.0. The SMILES string of the molecule is CCCCCCCCCCCCCCCCCCC[CH2][Pd][CH2]CCCCCCCCCCCCCCCCCCC.CCCCCCCCc1ccc(C2=CC=C(c3cccc(CCCCCCCC)c3)[N+]2=[N-])cc1. The van der Waals surface area contributed by atoms with Crippen molar-refractivity contribution in [1.29, 1.82) is 0 Å². The van der Waals surface area contributed by atoms with Crippen molar-refractivity contribution in [2.75, 3.05) is 0 Å². The molecule has 0 radical (unpaired) electrons. The minimum Gasteiger partial charge on any atom is -0.493 e. The molecule has 3 heteroatoms. The zero-order valence-corrected chi connectivity index (χ0v) is 52.3. The molecule has 0 saturated carbocycles. The molecule has 0 aromatic heterocycles. The van der Waals surface area contributed by atoms with Crippen LogP contribution in [-0.4, -0.2) is 4.70 Å². The van der Waals surface area contributed by atoms with E-state index in [0.29, 0.717) is 0 Å². The summed E-state index contributed by atoms with van der Waals surface area (Å²) in [7, 11) is 0. The molecule has 0 aliphatic carbocycles.